The molecule has 21 heavy (non-hydrogen) atoms. The topological polar surface area (TPSA) is 66.4 Å². The van der Waals surface area contributed by atoms with E-state index in [9.17, 15) is 0 Å². The van der Waals surface area contributed by atoms with E-state index >= 15 is 0 Å². The molecule has 1 unspecified atom stereocenters. The van der Waals surface area contributed by atoms with E-state index in [0.717, 1.165) is 32.5 Å². The molecule has 1 saturated heterocycles. The predicted molar refractivity (Wildman–Crippen MR) is 84.1 cm³/mol. The highest BCUT2D eigenvalue weighted by molar-refractivity contribution is 5.38. The fourth-order valence-electron chi connectivity index (χ4n) is 2.53. The van der Waals surface area contributed by atoms with E-state index in [0.29, 0.717) is 23.9 Å². The van der Waals surface area contributed by atoms with Gasteiger partial charge in [0.2, 0.25) is 11.9 Å². The Labute approximate surface area is 126 Å². The third-order valence-corrected chi connectivity index (χ3v) is 3.78. The van der Waals surface area contributed by atoms with Crippen LogP contribution in [0.15, 0.2) is 0 Å². The number of hydrogen-bond donors (Lipinski definition) is 1. The summed E-state index contributed by atoms with van der Waals surface area (Å²) in [5, 5.41) is 3.20. The lowest BCUT2D eigenvalue weighted by molar-refractivity contribution is 0.246. The summed E-state index contributed by atoms with van der Waals surface area (Å²) in [5.41, 5.74) is 0. The van der Waals surface area contributed by atoms with E-state index < -0.39 is 0 Å². The highest BCUT2D eigenvalue weighted by Gasteiger charge is 2.23. The molecule has 1 aliphatic heterocycles. The standard InChI is InChI=1S/C14H26N6O/c1-5-8-15-12-16-13(18-14(17-12)21-4)20(3)11-7-6-9-19(2)10-11/h11H,5-10H2,1-4H3,(H,15,16,17,18). The molecule has 0 bridgehead atoms. The van der Waals surface area contributed by atoms with Crippen molar-refractivity contribution in [3.8, 4) is 6.01 Å². The van der Waals surface area contributed by atoms with Crippen LogP contribution in [0.5, 0.6) is 6.01 Å². The van der Waals surface area contributed by atoms with Gasteiger partial charge in [0, 0.05) is 26.2 Å². The van der Waals surface area contributed by atoms with Gasteiger partial charge in [-0.3, -0.25) is 0 Å². The number of ether oxygens (including phenoxy) is 1. The molecule has 0 radical (unpaired) electrons. The van der Waals surface area contributed by atoms with Gasteiger partial charge in [-0.2, -0.15) is 15.0 Å². The minimum Gasteiger partial charge on any atom is -0.467 e. The van der Waals surface area contributed by atoms with Crippen LogP contribution in [0.2, 0.25) is 0 Å². The molecule has 0 amide bonds. The van der Waals surface area contributed by atoms with Crippen molar-refractivity contribution in [1.82, 2.24) is 19.9 Å². The molecule has 1 atom stereocenters. The van der Waals surface area contributed by atoms with Crippen LogP contribution < -0.4 is 15.0 Å². The highest BCUT2D eigenvalue weighted by atomic mass is 16.5. The normalized spacial score (nSPS) is 19.3. The lowest BCUT2D eigenvalue weighted by Crippen LogP contribution is -2.45. The van der Waals surface area contributed by atoms with Gasteiger partial charge in [0.05, 0.1) is 7.11 Å². The van der Waals surface area contributed by atoms with E-state index in [1.54, 1.807) is 7.11 Å². The zero-order valence-corrected chi connectivity index (χ0v) is 13.5. The number of anilines is 2. The molecule has 2 rings (SSSR count). The third kappa shape index (κ3) is 4.17. The molecule has 1 aromatic rings. The molecule has 1 fully saturated rings. The van der Waals surface area contributed by atoms with E-state index in [1.807, 2.05) is 7.05 Å². The zero-order valence-electron chi connectivity index (χ0n) is 13.5. The molecule has 118 valence electrons. The summed E-state index contributed by atoms with van der Waals surface area (Å²) in [5.74, 6) is 1.25. The van der Waals surface area contributed by atoms with Crippen molar-refractivity contribution in [2.24, 2.45) is 0 Å². The number of nitrogens with zero attached hydrogens (tertiary/aromatic N) is 5. The summed E-state index contributed by atoms with van der Waals surface area (Å²) < 4.78 is 5.19. The fourth-order valence-corrected chi connectivity index (χ4v) is 2.53. The van der Waals surface area contributed by atoms with E-state index in [4.69, 9.17) is 4.74 Å². The van der Waals surface area contributed by atoms with Gasteiger partial charge in [-0.25, -0.2) is 0 Å². The lowest BCUT2D eigenvalue weighted by Gasteiger charge is -2.35. The van der Waals surface area contributed by atoms with Gasteiger partial charge >= 0.3 is 6.01 Å². The number of aromatic nitrogens is 3. The number of piperidine rings is 1. The number of methoxy groups -OCH3 is 1. The van der Waals surface area contributed by atoms with Crippen LogP contribution in [0, 0.1) is 0 Å². The average molecular weight is 294 g/mol. The average Bonchev–Trinajstić information content (AvgIpc) is 2.51. The number of nitrogens with one attached hydrogen (secondary N) is 1. The summed E-state index contributed by atoms with van der Waals surface area (Å²) in [6.45, 7) is 5.13. The molecule has 0 spiro atoms. The van der Waals surface area contributed by atoms with Gasteiger partial charge < -0.3 is 19.9 Å². The van der Waals surface area contributed by atoms with Crippen LogP contribution in [-0.4, -0.2) is 66.7 Å². The Hall–Kier alpha value is -1.63. The number of rotatable bonds is 6. The Balaban J connectivity index is 2.16. The van der Waals surface area contributed by atoms with E-state index in [1.165, 1.54) is 6.42 Å². The van der Waals surface area contributed by atoms with Gasteiger partial charge in [-0.05, 0) is 32.9 Å². The maximum absolute atomic E-state index is 5.19. The molecule has 0 aromatic carbocycles. The van der Waals surface area contributed by atoms with Crippen molar-refractivity contribution in [1.29, 1.82) is 0 Å². The molecular formula is C14H26N6O. The largest absolute Gasteiger partial charge is 0.467 e. The first kappa shape index (κ1) is 15.8. The van der Waals surface area contributed by atoms with Gasteiger partial charge in [0.15, 0.2) is 0 Å². The van der Waals surface area contributed by atoms with Gasteiger partial charge in [-0.15, -0.1) is 0 Å². The summed E-state index contributed by atoms with van der Waals surface area (Å²) >= 11 is 0. The second kappa shape index (κ2) is 7.40. The Morgan fingerprint density at radius 3 is 2.86 bits per heavy atom. The minimum absolute atomic E-state index is 0.356. The summed E-state index contributed by atoms with van der Waals surface area (Å²) in [7, 11) is 5.78. The van der Waals surface area contributed by atoms with Crippen molar-refractivity contribution >= 4 is 11.9 Å². The molecular weight excluding hydrogens is 268 g/mol. The first-order valence-corrected chi connectivity index (χ1v) is 7.59. The molecule has 1 N–H and O–H groups in total. The van der Waals surface area contributed by atoms with Crippen molar-refractivity contribution in [2.45, 2.75) is 32.2 Å². The maximum Gasteiger partial charge on any atom is 0.322 e. The summed E-state index contributed by atoms with van der Waals surface area (Å²) in [4.78, 5) is 17.6. The first-order valence-electron chi connectivity index (χ1n) is 7.59. The van der Waals surface area contributed by atoms with Crippen molar-refractivity contribution in [3.63, 3.8) is 0 Å². The molecule has 0 saturated carbocycles. The Kier molecular flexibility index (Phi) is 5.55. The summed E-state index contributed by atoms with van der Waals surface area (Å²) in [6, 6.07) is 0.782. The van der Waals surface area contributed by atoms with Gasteiger partial charge in [0.1, 0.15) is 0 Å². The van der Waals surface area contributed by atoms with Crippen LogP contribution in [-0.2, 0) is 0 Å². The predicted octanol–water partition coefficient (Wildman–Crippen LogP) is 1.23. The van der Waals surface area contributed by atoms with Crippen molar-refractivity contribution < 1.29 is 4.74 Å². The van der Waals surface area contributed by atoms with E-state index in [2.05, 4.69) is 44.0 Å². The summed E-state index contributed by atoms with van der Waals surface area (Å²) in [6.07, 6.45) is 3.38. The monoisotopic (exact) mass is 294 g/mol. The fraction of sp³-hybridized carbons (Fsp3) is 0.786. The van der Waals surface area contributed by atoms with Crippen LogP contribution in [0.1, 0.15) is 26.2 Å². The molecule has 0 aliphatic carbocycles. The number of hydrogen-bond acceptors (Lipinski definition) is 7. The van der Waals surface area contributed by atoms with Crippen molar-refractivity contribution in [2.75, 3.05) is 51.1 Å². The van der Waals surface area contributed by atoms with Crippen LogP contribution in [0.25, 0.3) is 0 Å². The number of likely N-dealkylation sites (tertiary alicyclic amines) is 1. The Bertz CT molecular complexity index is 455. The van der Waals surface area contributed by atoms with Crippen LogP contribution >= 0.6 is 0 Å². The highest BCUT2D eigenvalue weighted by Crippen LogP contribution is 2.20. The Morgan fingerprint density at radius 1 is 1.38 bits per heavy atom. The SMILES string of the molecule is CCCNc1nc(OC)nc(N(C)C2CCCN(C)C2)n1. The molecule has 1 aromatic heterocycles. The molecule has 7 heteroatoms. The van der Waals surface area contributed by atoms with Gasteiger partial charge in [-0.1, -0.05) is 6.92 Å². The first-order chi connectivity index (χ1) is 10.1. The zero-order chi connectivity index (χ0) is 15.2. The quantitative estimate of drug-likeness (QED) is 0.846. The smallest absolute Gasteiger partial charge is 0.322 e. The van der Waals surface area contributed by atoms with Crippen LogP contribution in [0.4, 0.5) is 11.9 Å². The third-order valence-electron chi connectivity index (χ3n) is 3.78. The lowest BCUT2D eigenvalue weighted by atomic mass is 10.1. The van der Waals surface area contributed by atoms with Crippen molar-refractivity contribution in [3.05, 3.63) is 0 Å². The second-order valence-electron chi connectivity index (χ2n) is 5.54. The van der Waals surface area contributed by atoms with Gasteiger partial charge in [0.25, 0.3) is 0 Å². The van der Waals surface area contributed by atoms with E-state index in [-0.39, 0.29) is 0 Å². The maximum atomic E-state index is 5.19. The number of likely N-dealkylation sites (N-methyl/N-ethyl adjacent to an activating group) is 2. The van der Waals surface area contributed by atoms with Crippen LogP contribution in [0.3, 0.4) is 0 Å². The molecule has 7 nitrogen and oxygen atoms in total. The molecule has 2 heterocycles. The minimum atomic E-state index is 0.356. The second-order valence-corrected chi connectivity index (χ2v) is 5.54. The molecule has 1 aliphatic rings. The Morgan fingerprint density at radius 2 is 2.19 bits per heavy atom.